The quantitative estimate of drug-likeness (QED) is 0.451. The van der Waals surface area contributed by atoms with E-state index in [1.807, 2.05) is 49.5 Å². The van der Waals surface area contributed by atoms with Gasteiger partial charge in [-0.3, -0.25) is 4.79 Å². The molecule has 5 rings (SSSR count). The molecule has 0 N–H and O–H groups in total. The second-order valence-electron chi connectivity index (χ2n) is 8.58. The Morgan fingerprint density at radius 3 is 2.55 bits per heavy atom. The van der Waals surface area contributed by atoms with Crippen molar-refractivity contribution in [3.05, 3.63) is 84.2 Å². The van der Waals surface area contributed by atoms with E-state index in [0.29, 0.717) is 5.69 Å². The standard InChI is InChI=1S/C26H28N6O/c1-19(20-12-14-22(15-13-20)32-18-27-17-28-32)30(2)26(33)24-23-11-7-4-8-16-31(23)25(29-24)21-9-5-3-6-10-21/h3,5-6,9-10,12-15,17-19H,4,7-8,11,16H2,1-2H3. The van der Waals surface area contributed by atoms with Crippen molar-refractivity contribution >= 4 is 5.91 Å². The summed E-state index contributed by atoms with van der Waals surface area (Å²) in [6, 6.07) is 18.2. The molecule has 0 aliphatic carbocycles. The Bertz CT molecular complexity index is 1230. The zero-order valence-electron chi connectivity index (χ0n) is 19.1. The van der Waals surface area contributed by atoms with Crippen LogP contribution in [0.5, 0.6) is 0 Å². The van der Waals surface area contributed by atoms with Gasteiger partial charge in [-0.25, -0.2) is 14.6 Å². The highest BCUT2D eigenvalue weighted by Crippen LogP contribution is 2.29. The topological polar surface area (TPSA) is 68.8 Å². The summed E-state index contributed by atoms with van der Waals surface area (Å²) in [5, 5.41) is 4.17. The van der Waals surface area contributed by atoms with Gasteiger partial charge in [-0.15, -0.1) is 0 Å². The Labute approximate surface area is 193 Å². The van der Waals surface area contributed by atoms with Gasteiger partial charge in [0.15, 0.2) is 0 Å². The van der Waals surface area contributed by atoms with Crippen molar-refractivity contribution in [3.63, 3.8) is 0 Å². The molecule has 2 aromatic carbocycles. The summed E-state index contributed by atoms with van der Waals surface area (Å²) in [5.41, 5.74) is 4.70. The van der Waals surface area contributed by atoms with E-state index in [1.165, 1.54) is 12.7 Å². The number of benzene rings is 2. The maximum atomic E-state index is 13.7. The van der Waals surface area contributed by atoms with Crippen molar-refractivity contribution in [3.8, 4) is 17.1 Å². The van der Waals surface area contributed by atoms with Crippen LogP contribution < -0.4 is 0 Å². The van der Waals surface area contributed by atoms with E-state index in [9.17, 15) is 4.79 Å². The van der Waals surface area contributed by atoms with E-state index >= 15 is 0 Å². The second-order valence-corrected chi connectivity index (χ2v) is 8.58. The number of aromatic nitrogens is 5. The van der Waals surface area contributed by atoms with Gasteiger partial charge in [-0.1, -0.05) is 48.9 Å². The molecule has 1 amide bonds. The van der Waals surface area contributed by atoms with Gasteiger partial charge in [0.05, 0.1) is 17.4 Å². The van der Waals surface area contributed by atoms with Crippen molar-refractivity contribution in [2.45, 2.75) is 45.2 Å². The fourth-order valence-corrected chi connectivity index (χ4v) is 4.51. The van der Waals surface area contributed by atoms with Crippen LogP contribution in [0.1, 0.15) is 54.0 Å². The molecule has 33 heavy (non-hydrogen) atoms. The number of rotatable bonds is 5. The largest absolute Gasteiger partial charge is 0.334 e. The Morgan fingerprint density at radius 2 is 1.82 bits per heavy atom. The Morgan fingerprint density at radius 1 is 1.03 bits per heavy atom. The molecule has 0 saturated carbocycles. The van der Waals surface area contributed by atoms with Gasteiger partial charge in [0.1, 0.15) is 24.2 Å². The molecule has 7 heteroatoms. The zero-order valence-corrected chi connectivity index (χ0v) is 19.1. The third-order valence-corrected chi connectivity index (χ3v) is 6.56. The number of hydrogen-bond acceptors (Lipinski definition) is 4. The molecule has 0 bridgehead atoms. The van der Waals surface area contributed by atoms with Crippen LogP contribution >= 0.6 is 0 Å². The third-order valence-electron chi connectivity index (χ3n) is 6.56. The summed E-state index contributed by atoms with van der Waals surface area (Å²) in [6.07, 6.45) is 7.44. The predicted octanol–water partition coefficient (Wildman–Crippen LogP) is 4.69. The zero-order chi connectivity index (χ0) is 22.8. The predicted molar refractivity (Wildman–Crippen MR) is 127 cm³/mol. The molecule has 0 radical (unpaired) electrons. The van der Waals surface area contributed by atoms with Crippen LogP contribution in [-0.2, 0) is 13.0 Å². The molecule has 168 valence electrons. The summed E-state index contributed by atoms with van der Waals surface area (Å²) >= 11 is 0. The molecule has 0 fully saturated rings. The number of amides is 1. The molecular formula is C26H28N6O. The fourth-order valence-electron chi connectivity index (χ4n) is 4.51. The van der Waals surface area contributed by atoms with E-state index in [1.54, 1.807) is 15.9 Å². The fraction of sp³-hybridized carbons (Fsp3) is 0.308. The van der Waals surface area contributed by atoms with Gasteiger partial charge in [-0.2, -0.15) is 5.10 Å². The molecule has 1 atom stereocenters. The van der Waals surface area contributed by atoms with Crippen LogP contribution in [0.4, 0.5) is 0 Å². The Hall–Kier alpha value is -3.74. The minimum atomic E-state index is -0.0920. The molecule has 7 nitrogen and oxygen atoms in total. The van der Waals surface area contributed by atoms with Gasteiger partial charge < -0.3 is 9.47 Å². The molecule has 1 unspecified atom stereocenters. The Balaban J connectivity index is 1.44. The molecule has 4 aromatic rings. The average Bonchev–Trinajstić information content (AvgIpc) is 3.46. The molecule has 1 aliphatic rings. The highest BCUT2D eigenvalue weighted by atomic mass is 16.2. The van der Waals surface area contributed by atoms with E-state index < -0.39 is 0 Å². The highest BCUT2D eigenvalue weighted by molar-refractivity contribution is 5.94. The maximum absolute atomic E-state index is 13.7. The number of carbonyl (C=O) groups excluding carboxylic acids is 1. The van der Waals surface area contributed by atoms with Crippen LogP contribution in [0.3, 0.4) is 0 Å². The lowest BCUT2D eigenvalue weighted by molar-refractivity contribution is 0.0736. The van der Waals surface area contributed by atoms with Crippen LogP contribution in [-0.4, -0.2) is 42.2 Å². The lowest BCUT2D eigenvalue weighted by Crippen LogP contribution is -2.30. The third kappa shape index (κ3) is 4.06. The minimum Gasteiger partial charge on any atom is -0.334 e. The summed E-state index contributed by atoms with van der Waals surface area (Å²) in [7, 11) is 1.86. The van der Waals surface area contributed by atoms with Crippen molar-refractivity contribution in [2.75, 3.05) is 7.05 Å². The van der Waals surface area contributed by atoms with Gasteiger partial charge in [0.2, 0.25) is 0 Å². The van der Waals surface area contributed by atoms with Gasteiger partial charge in [-0.05, 0) is 43.9 Å². The van der Waals surface area contributed by atoms with Crippen molar-refractivity contribution in [1.29, 1.82) is 0 Å². The molecule has 2 aromatic heterocycles. The summed E-state index contributed by atoms with van der Waals surface area (Å²) in [4.78, 5) is 24.4. The molecular weight excluding hydrogens is 412 g/mol. The SMILES string of the molecule is CC(c1ccc(-n2cncn2)cc1)N(C)C(=O)c1nc(-c2ccccc2)n2c1CCCCC2. The maximum Gasteiger partial charge on any atom is 0.274 e. The average molecular weight is 441 g/mol. The van der Waals surface area contributed by atoms with Crippen LogP contribution in [0.25, 0.3) is 17.1 Å². The first kappa shape index (κ1) is 21.1. The number of imidazole rings is 1. The number of carbonyl (C=O) groups is 1. The lowest BCUT2D eigenvalue weighted by Gasteiger charge is -2.25. The first-order valence-electron chi connectivity index (χ1n) is 11.5. The van der Waals surface area contributed by atoms with Gasteiger partial charge >= 0.3 is 0 Å². The van der Waals surface area contributed by atoms with Crippen molar-refractivity contribution < 1.29 is 4.79 Å². The second kappa shape index (κ2) is 9.02. The van der Waals surface area contributed by atoms with E-state index in [2.05, 4.69) is 33.7 Å². The normalized spacial score (nSPS) is 14.4. The van der Waals surface area contributed by atoms with Crippen molar-refractivity contribution in [1.82, 2.24) is 29.2 Å². The van der Waals surface area contributed by atoms with E-state index in [0.717, 1.165) is 54.1 Å². The number of nitrogens with zero attached hydrogens (tertiary/aromatic N) is 6. The summed E-state index contributed by atoms with van der Waals surface area (Å²) in [6.45, 7) is 2.96. The van der Waals surface area contributed by atoms with Crippen molar-refractivity contribution in [2.24, 2.45) is 0 Å². The molecule has 3 heterocycles. The smallest absolute Gasteiger partial charge is 0.274 e. The molecule has 0 spiro atoms. The summed E-state index contributed by atoms with van der Waals surface area (Å²) in [5.74, 6) is 0.866. The Kier molecular flexibility index (Phi) is 5.77. The first-order valence-corrected chi connectivity index (χ1v) is 11.5. The monoisotopic (exact) mass is 440 g/mol. The van der Waals surface area contributed by atoms with Crippen LogP contribution in [0.2, 0.25) is 0 Å². The molecule has 1 aliphatic heterocycles. The molecule has 0 saturated heterocycles. The number of fused-ring (bicyclic) bond motifs is 1. The van der Waals surface area contributed by atoms with Gasteiger partial charge in [0, 0.05) is 19.2 Å². The van der Waals surface area contributed by atoms with E-state index in [-0.39, 0.29) is 11.9 Å². The van der Waals surface area contributed by atoms with Gasteiger partial charge in [0.25, 0.3) is 5.91 Å². The first-order chi connectivity index (χ1) is 16.1. The minimum absolute atomic E-state index is 0.0318. The van der Waals surface area contributed by atoms with Crippen LogP contribution in [0.15, 0.2) is 67.3 Å². The lowest BCUT2D eigenvalue weighted by atomic mass is 10.1. The number of hydrogen-bond donors (Lipinski definition) is 0. The highest BCUT2D eigenvalue weighted by Gasteiger charge is 2.28. The summed E-state index contributed by atoms with van der Waals surface area (Å²) < 4.78 is 3.98. The van der Waals surface area contributed by atoms with Crippen LogP contribution in [0, 0.1) is 0 Å². The van der Waals surface area contributed by atoms with E-state index in [4.69, 9.17) is 4.98 Å².